The van der Waals surface area contributed by atoms with E-state index < -0.39 is 5.82 Å². The smallest absolute Gasteiger partial charge is 0.319 e. The average molecular weight is 600 g/mol. The van der Waals surface area contributed by atoms with E-state index >= 15 is 4.39 Å². The number of nitrogens with one attached hydrogen (secondary N) is 2. The fourth-order valence-electron chi connectivity index (χ4n) is 7.43. The van der Waals surface area contributed by atoms with Crippen LogP contribution in [0.3, 0.4) is 0 Å². The van der Waals surface area contributed by atoms with Gasteiger partial charge in [-0.3, -0.25) is 9.88 Å². The quantitative estimate of drug-likeness (QED) is 0.257. The number of fused-ring (bicyclic) bond motifs is 4. The highest BCUT2D eigenvalue weighted by molar-refractivity contribution is 6.01. The first-order valence-electron chi connectivity index (χ1n) is 16.1. The van der Waals surface area contributed by atoms with E-state index in [9.17, 15) is 5.11 Å². The van der Waals surface area contributed by atoms with Gasteiger partial charge in [0.1, 0.15) is 29.4 Å². The van der Waals surface area contributed by atoms with Crippen LogP contribution in [0.4, 0.5) is 10.2 Å². The Hall–Kier alpha value is -3.60. The first-order chi connectivity index (χ1) is 21.5. The van der Waals surface area contributed by atoms with Crippen LogP contribution in [0.2, 0.25) is 0 Å². The summed E-state index contributed by atoms with van der Waals surface area (Å²) in [5.74, 6) is 0.934. The fraction of sp³-hybridized carbons (Fsp3) is 0.500. The molecule has 2 atom stereocenters. The molecule has 5 heterocycles. The highest BCUT2D eigenvalue weighted by atomic mass is 19.1. The van der Waals surface area contributed by atoms with Crippen molar-refractivity contribution >= 4 is 27.5 Å². The third-order valence-electron chi connectivity index (χ3n) is 9.68. The number of rotatable bonds is 9. The summed E-state index contributed by atoms with van der Waals surface area (Å²) in [7, 11) is 2.01. The predicted molar refractivity (Wildman–Crippen MR) is 172 cm³/mol. The van der Waals surface area contributed by atoms with E-state index in [2.05, 4.69) is 37.3 Å². The molecule has 2 bridgehead atoms. The third-order valence-corrected chi connectivity index (χ3v) is 9.68. The molecule has 2 aromatic carbocycles. The first kappa shape index (κ1) is 29.1. The van der Waals surface area contributed by atoms with Crippen LogP contribution in [0, 0.1) is 11.7 Å². The molecule has 2 unspecified atom stereocenters. The number of nitrogens with zero attached hydrogens (tertiary/aromatic N) is 5. The summed E-state index contributed by atoms with van der Waals surface area (Å²) in [6.45, 7) is 8.03. The Balaban J connectivity index is 1.25. The molecule has 3 aliphatic rings. The van der Waals surface area contributed by atoms with Gasteiger partial charge in [0.05, 0.1) is 5.39 Å². The number of ether oxygens (including phenoxy) is 1. The minimum Gasteiger partial charge on any atom is -0.508 e. The van der Waals surface area contributed by atoms with Crippen molar-refractivity contribution < 1.29 is 14.2 Å². The maximum absolute atomic E-state index is 16.7. The van der Waals surface area contributed by atoms with Gasteiger partial charge in [-0.1, -0.05) is 25.1 Å². The summed E-state index contributed by atoms with van der Waals surface area (Å²) in [5, 5.41) is 19.9. The number of phenols is 1. The first-order valence-corrected chi connectivity index (χ1v) is 16.1. The summed E-state index contributed by atoms with van der Waals surface area (Å²) < 4.78 is 22.9. The van der Waals surface area contributed by atoms with E-state index in [-0.39, 0.29) is 23.0 Å². The minimum atomic E-state index is -0.529. The van der Waals surface area contributed by atoms with Gasteiger partial charge in [0.25, 0.3) is 0 Å². The number of aromatic hydroxyl groups is 1. The molecule has 3 saturated heterocycles. The Kier molecular flexibility index (Phi) is 8.22. The standard InChI is InChI=1S/C34H42FN7O2/c1-3-22-5-4-6-23-15-26(43)16-27(29(22)23)31-30(35)32-28(18-37-31)33(42-19-24-7-8-25(20-42)38-24)40-34(39-32)44-14-13-41-11-9-21(10-12-41)17-36-2/h4-6,15-16,18,21,24-25,36,38,43H,3,7-14,17,19-20H2,1-2H3. The molecule has 3 N–H and O–H groups in total. The summed E-state index contributed by atoms with van der Waals surface area (Å²) in [4.78, 5) is 18.8. The summed E-state index contributed by atoms with van der Waals surface area (Å²) in [6.07, 6.45) is 7.06. The molecule has 2 aromatic heterocycles. The van der Waals surface area contributed by atoms with E-state index in [1.807, 2.05) is 25.2 Å². The van der Waals surface area contributed by atoms with Crippen molar-refractivity contribution in [2.24, 2.45) is 5.92 Å². The van der Waals surface area contributed by atoms with Crippen molar-refractivity contribution in [3.8, 4) is 23.0 Å². The van der Waals surface area contributed by atoms with Crippen molar-refractivity contribution in [1.82, 2.24) is 30.5 Å². The third kappa shape index (κ3) is 5.66. The van der Waals surface area contributed by atoms with Crippen LogP contribution in [-0.4, -0.2) is 90.0 Å². The molecule has 0 aliphatic carbocycles. The Morgan fingerprint density at radius 1 is 1.09 bits per heavy atom. The molecule has 4 aromatic rings. The molecule has 0 radical (unpaired) electrons. The SMILES string of the molecule is CCc1cccc2cc(O)cc(-c3ncc4c(N5CC6CCC(C5)N6)nc(OCCN5CCC(CNC)CC5)nc4c3F)c12. The number of hydrogen-bond acceptors (Lipinski definition) is 9. The number of halogens is 1. The second-order valence-electron chi connectivity index (χ2n) is 12.6. The van der Waals surface area contributed by atoms with E-state index in [1.165, 1.54) is 12.8 Å². The lowest BCUT2D eigenvalue weighted by molar-refractivity contribution is 0.151. The Morgan fingerprint density at radius 2 is 1.89 bits per heavy atom. The largest absolute Gasteiger partial charge is 0.508 e. The van der Waals surface area contributed by atoms with Gasteiger partial charge in [-0.05, 0) is 93.2 Å². The molecule has 3 fully saturated rings. The lowest BCUT2D eigenvalue weighted by Crippen LogP contribution is -2.51. The Bertz CT molecular complexity index is 1650. The topological polar surface area (TPSA) is 98.7 Å². The highest BCUT2D eigenvalue weighted by Crippen LogP contribution is 2.39. The number of aromatic nitrogens is 3. The van der Waals surface area contributed by atoms with Crippen LogP contribution < -0.4 is 20.3 Å². The number of pyridine rings is 1. The zero-order chi connectivity index (χ0) is 30.2. The number of aryl methyl sites for hydroxylation is 1. The molecule has 3 aliphatic heterocycles. The summed E-state index contributed by atoms with van der Waals surface area (Å²) in [6, 6.07) is 10.2. The van der Waals surface area contributed by atoms with Crippen molar-refractivity contribution in [1.29, 1.82) is 0 Å². The van der Waals surface area contributed by atoms with E-state index in [4.69, 9.17) is 9.72 Å². The molecular formula is C34H42FN7O2. The number of hydrogen-bond donors (Lipinski definition) is 3. The molecular weight excluding hydrogens is 557 g/mol. The lowest BCUT2D eigenvalue weighted by Gasteiger charge is -2.34. The van der Waals surface area contributed by atoms with Gasteiger partial charge in [-0.2, -0.15) is 9.97 Å². The summed E-state index contributed by atoms with van der Waals surface area (Å²) in [5.41, 5.74) is 1.98. The predicted octanol–water partition coefficient (Wildman–Crippen LogP) is 4.50. The highest BCUT2D eigenvalue weighted by Gasteiger charge is 2.34. The van der Waals surface area contributed by atoms with Crippen molar-refractivity contribution in [2.75, 3.05) is 57.8 Å². The average Bonchev–Trinajstić information content (AvgIpc) is 3.38. The van der Waals surface area contributed by atoms with Crippen LogP contribution in [-0.2, 0) is 6.42 Å². The number of likely N-dealkylation sites (tertiary alicyclic amines) is 1. The van der Waals surface area contributed by atoms with Crippen LogP contribution in [0.15, 0.2) is 36.5 Å². The molecule has 0 amide bonds. The van der Waals surface area contributed by atoms with Gasteiger partial charge >= 0.3 is 6.01 Å². The maximum Gasteiger partial charge on any atom is 0.319 e. The van der Waals surface area contributed by atoms with Crippen molar-refractivity contribution in [3.05, 3.63) is 47.9 Å². The van der Waals surface area contributed by atoms with Gasteiger partial charge < -0.3 is 25.4 Å². The zero-order valence-electron chi connectivity index (χ0n) is 25.7. The van der Waals surface area contributed by atoms with Gasteiger partial charge in [-0.25, -0.2) is 4.39 Å². The molecule has 10 heteroatoms. The van der Waals surface area contributed by atoms with Crippen molar-refractivity contribution in [3.63, 3.8) is 0 Å². The number of piperidine rings is 1. The van der Waals surface area contributed by atoms with Crippen LogP contribution in [0.5, 0.6) is 11.8 Å². The molecule has 232 valence electrons. The van der Waals surface area contributed by atoms with E-state index in [0.717, 1.165) is 80.8 Å². The number of phenolic OH excluding ortho intramolecular Hbond substituents is 1. The maximum atomic E-state index is 16.7. The minimum absolute atomic E-state index is 0.0701. The number of piperazine rings is 1. The Labute approximate surface area is 257 Å². The van der Waals surface area contributed by atoms with Gasteiger partial charge in [0, 0.05) is 43.5 Å². The van der Waals surface area contributed by atoms with Crippen LogP contribution >= 0.6 is 0 Å². The van der Waals surface area contributed by atoms with Gasteiger partial charge in [0.15, 0.2) is 5.82 Å². The molecule has 7 rings (SSSR count). The fourth-order valence-corrected chi connectivity index (χ4v) is 7.43. The van der Waals surface area contributed by atoms with E-state index in [0.29, 0.717) is 35.5 Å². The second-order valence-corrected chi connectivity index (χ2v) is 12.6. The number of anilines is 1. The van der Waals surface area contributed by atoms with Crippen LogP contribution in [0.25, 0.3) is 32.9 Å². The number of benzene rings is 2. The molecule has 0 saturated carbocycles. The zero-order valence-corrected chi connectivity index (χ0v) is 25.7. The molecule has 0 spiro atoms. The monoisotopic (exact) mass is 599 g/mol. The molecule has 44 heavy (non-hydrogen) atoms. The van der Waals surface area contributed by atoms with Crippen molar-refractivity contribution in [2.45, 2.75) is 51.1 Å². The molecule has 9 nitrogen and oxygen atoms in total. The van der Waals surface area contributed by atoms with E-state index in [1.54, 1.807) is 18.3 Å². The second kappa shape index (κ2) is 12.4. The lowest BCUT2D eigenvalue weighted by atomic mass is 9.95. The van der Waals surface area contributed by atoms with Gasteiger partial charge in [0.2, 0.25) is 0 Å². The normalized spacial score (nSPS) is 21.0. The Morgan fingerprint density at radius 3 is 2.64 bits per heavy atom. The van der Waals surface area contributed by atoms with Crippen LogP contribution in [0.1, 0.15) is 38.2 Å². The summed E-state index contributed by atoms with van der Waals surface area (Å²) >= 11 is 0. The van der Waals surface area contributed by atoms with Gasteiger partial charge in [-0.15, -0.1) is 0 Å².